The molecule has 1 aromatic carbocycles. The van der Waals surface area contributed by atoms with Gasteiger partial charge in [0.2, 0.25) is 5.78 Å². The summed E-state index contributed by atoms with van der Waals surface area (Å²) in [5.74, 6) is -0.502. The molecule has 0 aromatic heterocycles. The molecule has 74 valence electrons. The molecule has 0 radical (unpaired) electrons. The minimum Gasteiger partial charge on any atom is -0.288 e. The molecule has 0 saturated heterocycles. The average Bonchev–Trinajstić information content (AvgIpc) is 3.00. The molecule has 0 heterocycles. The molecule has 0 bridgehead atoms. The van der Waals surface area contributed by atoms with Crippen molar-refractivity contribution in [2.45, 2.75) is 25.2 Å². The summed E-state index contributed by atoms with van der Waals surface area (Å²) in [5.41, 5.74) is 1.25. The molecule has 1 saturated carbocycles. The minimum absolute atomic E-state index is 0.101. The van der Waals surface area contributed by atoms with E-state index in [-0.39, 0.29) is 5.56 Å². The molecule has 1 aromatic rings. The highest BCUT2D eigenvalue weighted by Crippen LogP contribution is 2.39. The first kappa shape index (κ1) is 9.31. The molecule has 0 unspecified atom stereocenters. The van der Waals surface area contributed by atoms with Crippen LogP contribution in [0.5, 0.6) is 0 Å². The maximum atomic E-state index is 12.0. The fourth-order valence-corrected chi connectivity index (χ4v) is 1.46. The lowest BCUT2D eigenvalue weighted by Crippen LogP contribution is -2.09. The second-order valence-electron chi connectivity index (χ2n) is 3.56. The van der Waals surface area contributed by atoms with Gasteiger partial charge >= 0.3 is 6.43 Å². The predicted molar refractivity (Wildman–Crippen MR) is 48.8 cm³/mol. The Balaban J connectivity index is 2.16. The highest BCUT2D eigenvalue weighted by Gasteiger charge is 2.24. The van der Waals surface area contributed by atoms with Gasteiger partial charge in [0, 0.05) is 5.56 Å². The second-order valence-corrected chi connectivity index (χ2v) is 3.56. The normalized spacial score (nSPS) is 15.9. The summed E-state index contributed by atoms with van der Waals surface area (Å²) in [7, 11) is 0. The fraction of sp³-hybridized carbons (Fsp3) is 0.364. The molecule has 0 spiro atoms. The van der Waals surface area contributed by atoms with E-state index in [1.165, 1.54) is 25.0 Å². The van der Waals surface area contributed by atoms with Gasteiger partial charge in [0.1, 0.15) is 0 Å². The topological polar surface area (TPSA) is 17.1 Å². The number of carbonyl (C=O) groups excluding carboxylic acids is 1. The number of rotatable bonds is 3. The van der Waals surface area contributed by atoms with E-state index in [1.54, 1.807) is 12.1 Å². The molecule has 0 amide bonds. The summed E-state index contributed by atoms with van der Waals surface area (Å²) in [6.45, 7) is 0. The fourth-order valence-electron chi connectivity index (χ4n) is 1.46. The number of hydrogen-bond donors (Lipinski definition) is 0. The highest BCUT2D eigenvalue weighted by atomic mass is 19.3. The molecular weight excluding hydrogens is 186 g/mol. The van der Waals surface area contributed by atoms with Crippen molar-refractivity contribution >= 4 is 5.78 Å². The lowest BCUT2D eigenvalue weighted by Gasteiger charge is -2.01. The standard InChI is InChI=1S/C11H10F2O/c12-11(13)10(14)9-5-3-8(4-6-9)7-1-2-7/h3-7,11H,1-2H2. The zero-order valence-corrected chi connectivity index (χ0v) is 7.54. The highest BCUT2D eigenvalue weighted by molar-refractivity contribution is 5.98. The molecular formula is C11H10F2O. The first-order chi connectivity index (χ1) is 6.68. The van der Waals surface area contributed by atoms with Gasteiger partial charge in [-0.25, -0.2) is 8.78 Å². The largest absolute Gasteiger partial charge is 0.300 e. The molecule has 0 atom stereocenters. The summed E-state index contributed by atoms with van der Waals surface area (Å²) >= 11 is 0. The summed E-state index contributed by atoms with van der Waals surface area (Å²) in [6.07, 6.45) is -0.564. The first-order valence-electron chi connectivity index (χ1n) is 4.61. The summed E-state index contributed by atoms with van der Waals surface area (Å²) in [5, 5.41) is 0. The number of alkyl halides is 2. The molecule has 0 N–H and O–H groups in total. The van der Waals surface area contributed by atoms with Gasteiger partial charge in [-0.15, -0.1) is 0 Å². The van der Waals surface area contributed by atoms with Crippen LogP contribution in [0.2, 0.25) is 0 Å². The average molecular weight is 196 g/mol. The Kier molecular flexibility index (Phi) is 2.32. The minimum atomic E-state index is -2.90. The van der Waals surface area contributed by atoms with Crippen molar-refractivity contribution in [1.82, 2.24) is 0 Å². The molecule has 3 heteroatoms. The van der Waals surface area contributed by atoms with Crippen LogP contribution in [0.15, 0.2) is 24.3 Å². The van der Waals surface area contributed by atoms with Crippen LogP contribution in [0.25, 0.3) is 0 Å². The van der Waals surface area contributed by atoms with Crippen molar-refractivity contribution in [2.24, 2.45) is 0 Å². The summed E-state index contributed by atoms with van der Waals surface area (Å²) < 4.78 is 24.1. The third-order valence-corrected chi connectivity index (χ3v) is 2.44. The zero-order valence-electron chi connectivity index (χ0n) is 7.54. The predicted octanol–water partition coefficient (Wildman–Crippen LogP) is 3.01. The smallest absolute Gasteiger partial charge is 0.288 e. The van der Waals surface area contributed by atoms with Crippen LogP contribution in [0.3, 0.4) is 0 Å². The molecule has 1 aliphatic rings. The van der Waals surface area contributed by atoms with E-state index in [1.807, 2.05) is 0 Å². The van der Waals surface area contributed by atoms with Gasteiger partial charge in [0.15, 0.2) is 0 Å². The maximum absolute atomic E-state index is 12.0. The Morgan fingerprint density at radius 2 is 1.79 bits per heavy atom. The lowest BCUT2D eigenvalue weighted by molar-refractivity contribution is 0.0679. The molecule has 1 nitrogen and oxygen atoms in total. The van der Waals surface area contributed by atoms with E-state index < -0.39 is 12.2 Å². The molecule has 1 aliphatic carbocycles. The van der Waals surface area contributed by atoms with E-state index in [4.69, 9.17) is 0 Å². The number of ketones is 1. The van der Waals surface area contributed by atoms with Crippen molar-refractivity contribution in [1.29, 1.82) is 0 Å². The Morgan fingerprint density at radius 3 is 2.21 bits per heavy atom. The Labute approximate surface area is 80.7 Å². The van der Waals surface area contributed by atoms with Crippen molar-refractivity contribution in [3.8, 4) is 0 Å². The van der Waals surface area contributed by atoms with Crippen LogP contribution in [0.1, 0.15) is 34.7 Å². The van der Waals surface area contributed by atoms with Crippen molar-refractivity contribution in [3.05, 3.63) is 35.4 Å². The zero-order chi connectivity index (χ0) is 10.1. The molecule has 14 heavy (non-hydrogen) atoms. The van der Waals surface area contributed by atoms with Crippen LogP contribution in [-0.4, -0.2) is 12.2 Å². The van der Waals surface area contributed by atoms with Crippen LogP contribution in [0.4, 0.5) is 8.78 Å². The monoisotopic (exact) mass is 196 g/mol. The van der Waals surface area contributed by atoms with Crippen LogP contribution in [-0.2, 0) is 0 Å². The summed E-state index contributed by atoms with van der Waals surface area (Å²) in [4.78, 5) is 10.9. The Morgan fingerprint density at radius 1 is 1.21 bits per heavy atom. The Hall–Kier alpha value is -1.25. The number of Topliss-reactive ketones (excluding diaryl/α,β-unsaturated/α-hetero) is 1. The van der Waals surface area contributed by atoms with Crippen molar-refractivity contribution in [2.75, 3.05) is 0 Å². The van der Waals surface area contributed by atoms with Gasteiger partial charge in [0.25, 0.3) is 0 Å². The van der Waals surface area contributed by atoms with Crippen LogP contribution < -0.4 is 0 Å². The van der Waals surface area contributed by atoms with E-state index in [0.29, 0.717) is 5.92 Å². The third-order valence-electron chi connectivity index (χ3n) is 2.44. The first-order valence-corrected chi connectivity index (χ1v) is 4.61. The van der Waals surface area contributed by atoms with Gasteiger partial charge in [-0.05, 0) is 24.3 Å². The number of carbonyl (C=O) groups is 1. The van der Waals surface area contributed by atoms with Gasteiger partial charge in [-0.1, -0.05) is 24.3 Å². The van der Waals surface area contributed by atoms with Gasteiger partial charge in [-0.2, -0.15) is 0 Å². The second kappa shape index (κ2) is 3.48. The number of benzene rings is 1. The number of hydrogen-bond acceptors (Lipinski definition) is 1. The van der Waals surface area contributed by atoms with Gasteiger partial charge < -0.3 is 0 Å². The summed E-state index contributed by atoms with van der Waals surface area (Å²) in [6, 6.07) is 6.52. The van der Waals surface area contributed by atoms with Crippen LogP contribution >= 0.6 is 0 Å². The lowest BCUT2D eigenvalue weighted by atomic mass is 10.1. The van der Waals surface area contributed by atoms with Gasteiger partial charge in [-0.3, -0.25) is 4.79 Å². The molecule has 0 aliphatic heterocycles. The SMILES string of the molecule is O=C(c1ccc(C2CC2)cc1)C(F)F. The maximum Gasteiger partial charge on any atom is 0.300 e. The van der Waals surface area contributed by atoms with E-state index in [0.717, 1.165) is 5.56 Å². The van der Waals surface area contributed by atoms with Gasteiger partial charge in [0.05, 0.1) is 0 Å². The van der Waals surface area contributed by atoms with Crippen molar-refractivity contribution < 1.29 is 13.6 Å². The molecule has 2 rings (SSSR count). The van der Waals surface area contributed by atoms with E-state index in [2.05, 4.69) is 0 Å². The molecule has 1 fully saturated rings. The Bertz CT molecular complexity index is 339. The number of halogens is 2. The van der Waals surface area contributed by atoms with Crippen molar-refractivity contribution in [3.63, 3.8) is 0 Å². The third kappa shape index (κ3) is 1.81. The van der Waals surface area contributed by atoms with E-state index in [9.17, 15) is 13.6 Å². The van der Waals surface area contributed by atoms with E-state index >= 15 is 0 Å². The quantitative estimate of drug-likeness (QED) is 0.679. The van der Waals surface area contributed by atoms with Crippen LogP contribution in [0, 0.1) is 0 Å².